The Bertz CT molecular complexity index is 502. The highest BCUT2D eigenvalue weighted by molar-refractivity contribution is 5.80. The molecule has 1 aromatic carbocycles. The molecule has 4 unspecified atom stereocenters. The second-order valence-corrected chi connectivity index (χ2v) is 5.86. The summed E-state index contributed by atoms with van der Waals surface area (Å²) in [5.41, 5.74) is 1.16. The first-order valence-electron chi connectivity index (χ1n) is 7.37. The standard InChI is InChI=1S/C16H21NO3/c1-10(17-16(19)12-6-4-7-14(12)18)13-9-20-15-8-3-2-5-11(13)15/h2-3,5,8,10,12-14,18H,4,6-7,9H2,1H3,(H,17,19). The lowest BCUT2D eigenvalue weighted by molar-refractivity contribution is -0.128. The minimum atomic E-state index is -0.477. The molecule has 4 atom stereocenters. The van der Waals surface area contributed by atoms with Gasteiger partial charge in [-0.25, -0.2) is 0 Å². The molecule has 1 aliphatic carbocycles. The van der Waals surface area contributed by atoms with Gasteiger partial charge in [-0.3, -0.25) is 4.79 Å². The Labute approximate surface area is 119 Å². The van der Waals surface area contributed by atoms with Crippen molar-refractivity contribution in [3.05, 3.63) is 29.8 Å². The number of hydrogen-bond acceptors (Lipinski definition) is 3. The van der Waals surface area contributed by atoms with E-state index in [1.807, 2.05) is 25.1 Å². The van der Waals surface area contributed by atoms with E-state index in [9.17, 15) is 9.90 Å². The maximum absolute atomic E-state index is 12.2. The SMILES string of the molecule is CC(NC(=O)C1CCCC1O)C1COc2ccccc21. The van der Waals surface area contributed by atoms with Crippen molar-refractivity contribution in [2.24, 2.45) is 5.92 Å². The van der Waals surface area contributed by atoms with Gasteiger partial charge >= 0.3 is 0 Å². The van der Waals surface area contributed by atoms with Crippen molar-refractivity contribution in [1.29, 1.82) is 0 Å². The number of ether oxygens (including phenoxy) is 1. The van der Waals surface area contributed by atoms with E-state index in [1.165, 1.54) is 0 Å². The number of nitrogens with one attached hydrogen (secondary N) is 1. The van der Waals surface area contributed by atoms with Crippen molar-refractivity contribution in [3.8, 4) is 5.75 Å². The Kier molecular flexibility index (Phi) is 3.66. The molecule has 0 aromatic heterocycles. The van der Waals surface area contributed by atoms with Gasteiger partial charge in [0.25, 0.3) is 0 Å². The van der Waals surface area contributed by atoms with Crippen molar-refractivity contribution >= 4 is 5.91 Å². The van der Waals surface area contributed by atoms with E-state index >= 15 is 0 Å². The molecule has 1 aromatic rings. The second kappa shape index (κ2) is 5.44. The van der Waals surface area contributed by atoms with Gasteiger partial charge < -0.3 is 15.2 Å². The average Bonchev–Trinajstić information content (AvgIpc) is 3.04. The molecular formula is C16H21NO3. The topological polar surface area (TPSA) is 58.6 Å². The molecule has 0 bridgehead atoms. The predicted octanol–water partition coefficient (Wildman–Crippen LogP) is 1.83. The zero-order valence-corrected chi connectivity index (χ0v) is 11.7. The molecule has 0 radical (unpaired) electrons. The van der Waals surface area contributed by atoms with Crippen LogP contribution in [0.3, 0.4) is 0 Å². The first-order chi connectivity index (χ1) is 9.66. The average molecular weight is 275 g/mol. The van der Waals surface area contributed by atoms with Gasteiger partial charge in [-0.05, 0) is 32.3 Å². The van der Waals surface area contributed by atoms with Crippen LogP contribution in [0.1, 0.15) is 37.7 Å². The molecule has 2 aliphatic rings. The molecule has 1 fully saturated rings. The lowest BCUT2D eigenvalue weighted by Crippen LogP contribution is -2.42. The fourth-order valence-electron chi connectivity index (χ4n) is 3.28. The molecule has 1 saturated carbocycles. The normalized spacial score (nSPS) is 29.6. The van der Waals surface area contributed by atoms with Crippen LogP contribution in [-0.2, 0) is 4.79 Å². The van der Waals surface area contributed by atoms with Gasteiger partial charge in [0, 0.05) is 17.5 Å². The number of para-hydroxylation sites is 1. The minimum Gasteiger partial charge on any atom is -0.493 e. The fraction of sp³-hybridized carbons (Fsp3) is 0.562. The number of carbonyl (C=O) groups excluding carboxylic acids is 1. The first kappa shape index (κ1) is 13.4. The number of aliphatic hydroxyl groups is 1. The number of fused-ring (bicyclic) bond motifs is 1. The first-order valence-corrected chi connectivity index (χ1v) is 7.37. The molecule has 1 aliphatic heterocycles. The van der Waals surface area contributed by atoms with Gasteiger partial charge in [-0.2, -0.15) is 0 Å². The van der Waals surface area contributed by atoms with Crippen LogP contribution >= 0.6 is 0 Å². The molecule has 0 spiro atoms. The summed E-state index contributed by atoms with van der Waals surface area (Å²) in [6, 6.07) is 7.98. The number of hydrogen-bond donors (Lipinski definition) is 2. The van der Waals surface area contributed by atoms with Crippen molar-refractivity contribution in [2.75, 3.05) is 6.61 Å². The molecule has 1 amide bonds. The van der Waals surface area contributed by atoms with Crippen molar-refractivity contribution in [1.82, 2.24) is 5.32 Å². The van der Waals surface area contributed by atoms with E-state index < -0.39 is 6.10 Å². The molecule has 20 heavy (non-hydrogen) atoms. The third-order valence-corrected chi connectivity index (χ3v) is 4.53. The van der Waals surface area contributed by atoms with Gasteiger partial charge in [0.15, 0.2) is 0 Å². The number of carbonyl (C=O) groups is 1. The number of benzene rings is 1. The van der Waals surface area contributed by atoms with Crippen LogP contribution in [0.2, 0.25) is 0 Å². The minimum absolute atomic E-state index is 0.0129. The van der Waals surface area contributed by atoms with Crippen molar-refractivity contribution in [2.45, 2.75) is 44.2 Å². The Morgan fingerprint density at radius 3 is 2.95 bits per heavy atom. The number of rotatable bonds is 3. The largest absolute Gasteiger partial charge is 0.493 e. The summed E-state index contributed by atoms with van der Waals surface area (Å²) in [6.45, 7) is 2.61. The van der Waals surface area contributed by atoms with Crippen LogP contribution in [0, 0.1) is 5.92 Å². The molecule has 2 N–H and O–H groups in total. The molecule has 4 nitrogen and oxygen atoms in total. The van der Waals surface area contributed by atoms with E-state index in [1.54, 1.807) is 0 Å². The third kappa shape index (κ3) is 2.40. The molecular weight excluding hydrogens is 254 g/mol. The zero-order chi connectivity index (χ0) is 14.1. The highest BCUT2D eigenvalue weighted by atomic mass is 16.5. The van der Waals surface area contributed by atoms with Crippen molar-refractivity contribution < 1.29 is 14.6 Å². The molecule has 0 saturated heterocycles. The summed E-state index contributed by atoms with van der Waals surface area (Å²) in [4.78, 5) is 12.2. The van der Waals surface area contributed by atoms with Crippen LogP contribution in [0.4, 0.5) is 0 Å². The Morgan fingerprint density at radius 1 is 1.40 bits per heavy atom. The highest BCUT2D eigenvalue weighted by Gasteiger charge is 2.35. The number of amides is 1. The van der Waals surface area contributed by atoms with Gasteiger partial charge in [-0.1, -0.05) is 18.2 Å². The molecule has 1 heterocycles. The maximum atomic E-state index is 12.2. The van der Waals surface area contributed by atoms with Crippen LogP contribution in [0.25, 0.3) is 0 Å². The fourth-order valence-corrected chi connectivity index (χ4v) is 3.28. The van der Waals surface area contributed by atoms with E-state index in [2.05, 4.69) is 11.4 Å². The summed E-state index contributed by atoms with van der Waals surface area (Å²) < 4.78 is 5.66. The van der Waals surface area contributed by atoms with E-state index in [-0.39, 0.29) is 23.8 Å². The summed E-state index contributed by atoms with van der Waals surface area (Å²) >= 11 is 0. The van der Waals surface area contributed by atoms with Gasteiger partial charge in [-0.15, -0.1) is 0 Å². The third-order valence-electron chi connectivity index (χ3n) is 4.53. The van der Waals surface area contributed by atoms with Crippen LogP contribution < -0.4 is 10.1 Å². The van der Waals surface area contributed by atoms with Gasteiger partial charge in [0.1, 0.15) is 5.75 Å². The Morgan fingerprint density at radius 2 is 2.20 bits per heavy atom. The predicted molar refractivity (Wildman–Crippen MR) is 75.6 cm³/mol. The summed E-state index contributed by atoms with van der Waals surface area (Å²) in [5.74, 6) is 0.843. The number of aliphatic hydroxyl groups excluding tert-OH is 1. The lowest BCUT2D eigenvalue weighted by atomic mass is 9.93. The highest BCUT2D eigenvalue weighted by Crippen LogP contribution is 2.35. The molecule has 3 rings (SSSR count). The van der Waals surface area contributed by atoms with E-state index in [0.29, 0.717) is 6.61 Å². The van der Waals surface area contributed by atoms with Crippen LogP contribution in [0.5, 0.6) is 5.75 Å². The summed E-state index contributed by atoms with van der Waals surface area (Å²) in [5, 5.41) is 12.9. The van der Waals surface area contributed by atoms with Crippen LogP contribution in [0.15, 0.2) is 24.3 Å². The zero-order valence-electron chi connectivity index (χ0n) is 11.7. The molecule has 108 valence electrons. The second-order valence-electron chi connectivity index (χ2n) is 5.86. The Balaban J connectivity index is 1.65. The lowest BCUT2D eigenvalue weighted by Gasteiger charge is -2.23. The molecule has 4 heteroatoms. The quantitative estimate of drug-likeness (QED) is 0.884. The van der Waals surface area contributed by atoms with E-state index in [4.69, 9.17) is 4.74 Å². The van der Waals surface area contributed by atoms with Gasteiger partial charge in [0.2, 0.25) is 5.91 Å². The maximum Gasteiger partial charge on any atom is 0.225 e. The summed E-state index contributed by atoms with van der Waals surface area (Å²) in [7, 11) is 0. The monoisotopic (exact) mass is 275 g/mol. The smallest absolute Gasteiger partial charge is 0.225 e. The van der Waals surface area contributed by atoms with E-state index in [0.717, 1.165) is 30.6 Å². The summed E-state index contributed by atoms with van der Waals surface area (Å²) in [6.07, 6.45) is 1.98. The van der Waals surface area contributed by atoms with Crippen molar-refractivity contribution in [3.63, 3.8) is 0 Å². The Hall–Kier alpha value is -1.55. The van der Waals surface area contributed by atoms with Crippen LogP contribution in [-0.4, -0.2) is 29.8 Å². The van der Waals surface area contributed by atoms with Gasteiger partial charge in [0.05, 0.1) is 18.6 Å².